The maximum Gasteiger partial charge on any atom is 0.123 e. The van der Waals surface area contributed by atoms with E-state index in [0.717, 1.165) is 31.4 Å². The van der Waals surface area contributed by atoms with Gasteiger partial charge in [-0.25, -0.2) is 0 Å². The molecule has 0 aliphatic carbocycles. The van der Waals surface area contributed by atoms with Gasteiger partial charge in [0.15, 0.2) is 0 Å². The summed E-state index contributed by atoms with van der Waals surface area (Å²) in [5, 5.41) is -0.245. The number of alkyl halides is 1. The maximum absolute atomic E-state index is 6.64. The average Bonchev–Trinajstić information content (AvgIpc) is 2.40. The zero-order valence-electron chi connectivity index (χ0n) is 10.6. The minimum Gasteiger partial charge on any atom is -0.496 e. The van der Waals surface area contributed by atoms with Crippen LogP contribution in [0.5, 0.6) is 5.75 Å². The molecule has 0 aromatic heterocycles. The van der Waals surface area contributed by atoms with Gasteiger partial charge in [0.25, 0.3) is 0 Å². The molecule has 0 amide bonds. The first-order valence-electron chi connectivity index (χ1n) is 5.76. The van der Waals surface area contributed by atoms with Gasteiger partial charge in [0.05, 0.1) is 12.5 Å². The first-order valence-corrected chi connectivity index (χ1v) is 7.78. The molecule has 1 atom stereocenters. The van der Waals surface area contributed by atoms with Gasteiger partial charge in [-0.3, -0.25) is 0 Å². The number of aryl methyl sites for hydroxylation is 1. The van der Waals surface area contributed by atoms with Crippen LogP contribution in [0.2, 0.25) is 0 Å². The molecule has 0 radical (unpaired) electrons. The van der Waals surface area contributed by atoms with E-state index in [0.29, 0.717) is 0 Å². The first-order chi connectivity index (χ1) is 9.02. The van der Waals surface area contributed by atoms with Crippen LogP contribution in [-0.4, -0.2) is 7.11 Å². The number of rotatable bonds is 3. The van der Waals surface area contributed by atoms with E-state index in [1.54, 1.807) is 7.11 Å². The molecular formula is C15H13Br2ClO. The van der Waals surface area contributed by atoms with Crippen molar-refractivity contribution in [2.75, 3.05) is 7.11 Å². The van der Waals surface area contributed by atoms with Gasteiger partial charge in [-0.1, -0.05) is 37.9 Å². The summed E-state index contributed by atoms with van der Waals surface area (Å²) in [6.07, 6.45) is 0. The van der Waals surface area contributed by atoms with Crippen LogP contribution in [0.15, 0.2) is 45.3 Å². The summed E-state index contributed by atoms with van der Waals surface area (Å²) >= 11 is 13.6. The molecule has 0 aliphatic heterocycles. The zero-order chi connectivity index (χ0) is 14.0. The van der Waals surface area contributed by atoms with E-state index in [1.807, 2.05) is 30.3 Å². The lowest BCUT2D eigenvalue weighted by molar-refractivity contribution is 0.410. The molecule has 2 rings (SSSR count). The van der Waals surface area contributed by atoms with E-state index in [2.05, 4.69) is 44.8 Å². The van der Waals surface area contributed by atoms with E-state index >= 15 is 0 Å². The van der Waals surface area contributed by atoms with Gasteiger partial charge in [0, 0.05) is 14.5 Å². The molecule has 100 valence electrons. The highest BCUT2D eigenvalue weighted by Gasteiger charge is 2.18. The lowest BCUT2D eigenvalue weighted by Gasteiger charge is -2.17. The Morgan fingerprint density at radius 2 is 1.58 bits per heavy atom. The number of benzene rings is 2. The standard InChI is InChI=1S/C15H13Br2ClO/c1-9-3-4-10(16)7-12(9)15(18)13-8-11(17)5-6-14(13)19-2/h3-8,15H,1-2H3. The number of hydrogen-bond acceptors (Lipinski definition) is 1. The molecule has 0 saturated carbocycles. The largest absolute Gasteiger partial charge is 0.496 e. The summed E-state index contributed by atoms with van der Waals surface area (Å²) < 4.78 is 7.40. The Hall–Kier alpha value is -0.510. The maximum atomic E-state index is 6.64. The fourth-order valence-corrected chi connectivity index (χ4v) is 3.12. The summed E-state index contributed by atoms with van der Waals surface area (Å²) in [7, 11) is 1.66. The number of ether oxygens (including phenoxy) is 1. The molecule has 2 aromatic carbocycles. The molecule has 2 aromatic rings. The van der Waals surface area contributed by atoms with Crippen LogP contribution in [0.4, 0.5) is 0 Å². The molecule has 0 saturated heterocycles. The topological polar surface area (TPSA) is 9.23 Å². The van der Waals surface area contributed by atoms with Crippen molar-refractivity contribution < 1.29 is 4.74 Å². The second kappa shape index (κ2) is 6.29. The predicted octanol–water partition coefficient (Wildman–Crippen LogP) is 5.86. The Bertz CT molecular complexity index is 599. The van der Waals surface area contributed by atoms with E-state index in [1.165, 1.54) is 0 Å². The van der Waals surface area contributed by atoms with Crippen molar-refractivity contribution in [2.45, 2.75) is 12.3 Å². The highest BCUT2D eigenvalue weighted by molar-refractivity contribution is 9.10. The van der Waals surface area contributed by atoms with Crippen molar-refractivity contribution in [2.24, 2.45) is 0 Å². The molecule has 0 fully saturated rings. The van der Waals surface area contributed by atoms with E-state index < -0.39 is 0 Å². The van der Waals surface area contributed by atoms with Crippen molar-refractivity contribution in [3.8, 4) is 5.75 Å². The smallest absolute Gasteiger partial charge is 0.123 e. The predicted molar refractivity (Wildman–Crippen MR) is 87.3 cm³/mol. The first kappa shape index (κ1) is 14.9. The van der Waals surface area contributed by atoms with Crippen molar-refractivity contribution in [1.82, 2.24) is 0 Å². The van der Waals surface area contributed by atoms with Crippen LogP contribution in [-0.2, 0) is 0 Å². The van der Waals surface area contributed by atoms with E-state index in [9.17, 15) is 0 Å². The van der Waals surface area contributed by atoms with Gasteiger partial charge in [-0.15, -0.1) is 11.6 Å². The van der Waals surface area contributed by atoms with Gasteiger partial charge < -0.3 is 4.74 Å². The minimum atomic E-state index is -0.245. The van der Waals surface area contributed by atoms with Crippen LogP contribution in [0.25, 0.3) is 0 Å². The molecule has 4 heteroatoms. The Labute approximate surface area is 135 Å². The highest BCUT2D eigenvalue weighted by Crippen LogP contribution is 2.38. The van der Waals surface area contributed by atoms with Crippen LogP contribution in [0.3, 0.4) is 0 Å². The molecule has 0 spiro atoms. The third-order valence-corrected chi connectivity index (χ3v) is 4.44. The zero-order valence-corrected chi connectivity index (χ0v) is 14.5. The molecule has 0 bridgehead atoms. The molecule has 19 heavy (non-hydrogen) atoms. The fraction of sp³-hybridized carbons (Fsp3) is 0.200. The average molecular weight is 405 g/mol. The molecular weight excluding hydrogens is 391 g/mol. The molecule has 1 unspecified atom stereocenters. The Morgan fingerprint density at radius 1 is 1.00 bits per heavy atom. The summed E-state index contributed by atoms with van der Waals surface area (Å²) in [5.74, 6) is 0.794. The quantitative estimate of drug-likeness (QED) is 0.583. The number of hydrogen-bond donors (Lipinski definition) is 0. The summed E-state index contributed by atoms with van der Waals surface area (Å²) in [6, 6.07) is 12.0. The molecule has 0 heterocycles. The summed E-state index contributed by atoms with van der Waals surface area (Å²) in [4.78, 5) is 0. The number of methoxy groups -OCH3 is 1. The molecule has 1 nitrogen and oxygen atoms in total. The lowest BCUT2D eigenvalue weighted by Crippen LogP contribution is -1.99. The van der Waals surface area contributed by atoms with Gasteiger partial charge in [0.2, 0.25) is 0 Å². The van der Waals surface area contributed by atoms with Crippen molar-refractivity contribution in [3.63, 3.8) is 0 Å². The van der Waals surface area contributed by atoms with Crippen LogP contribution in [0.1, 0.15) is 22.1 Å². The molecule has 0 N–H and O–H groups in total. The second-order valence-corrected chi connectivity index (χ2v) is 6.52. The van der Waals surface area contributed by atoms with Crippen molar-refractivity contribution in [3.05, 3.63) is 62.0 Å². The van der Waals surface area contributed by atoms with Gasteiger partial charge in [-0.2, -0.15) is 0 Å². The van der Waals surface area contributed by atoms with Crippen molar-refractivity contribution in [1.29, 1.82) is 0 Å². The second-order valence-electron chi connectivity index (χ2n) is 4.25. The lowest BCUT2D eigenvalue weighted by atomic mass is 9.99. The van der Waals surface area contributed by atoms with Crippen LogP contribution >= 0.6 is 43.5 Å². The van der Waals surface area contributed by atoms with Crippen LogP contribution < -0.4 is 4.74 Å². The molecule has 0 aliphatic rings. The highest BCUT2D eigenvalue weighted by atomic mass is 79.9. The SMILES string of the molecule is COc1ccc(Br)cc1C(Cl)c1cc(Br)ccc1C. The minimum absolute atomic E-state index is 0.245. The Morgan fingerprint density at radius 3 is 2.21 bits per heavy atom. The monoisotopic (exact) mass is 402 g/mol. The summed E-state index contributed by atoms with van der Waals surface area (Å²) in [5.41, 5.74) is 3.19. The van der Waals surface area contributed by atoms with E-state index in [-0.39, 0.29) is 5.38 Å². The fourth-order valence-electron chi connectivity index (χ4n) is 1.96. The Balaban J connectivity index is 2.51. The third kappa shape index (κ3) is 3.33. The number of halogens is 3. The van der Waals surface area contributed by atoms with Gasteiger partial charge in [0.1, 0.15) is 5.75 Å². The van der Waals surface area contributed by atoms with Gasteiger partial charge in [-0.05, 0) is 48.4 Å². The van der Waals surface area contributed by atoms with Crippen LogP contribution in [0, 0.1) is 6.92 Å². The summed E-state index contributed by atoms with van der Waals surface area (Å²) in [6.45, 7) is 2.06. The Kier molecular flexibility index (Phi) is 4.93. The van der Waals surface area contributed by atoms with Gasteiger partial charge >= 0.3 is 0 Å². The van der Waals surface area contributed by atoms with E-state index in [4.69, 9.17) is 16.3 Å². The normalized spacial score (nSPS) is 12.3. The third-order valence-electron chi connectivity index (χ3n) is 2.98. The van der Waals surface area contributed by atoms with Crippen molar-refractivity contribution >= 4 is 43.5 Å².